The summed E-state index contributed by atoms with van der Waals surface area (Å²) in [6, 6.07) is 12.2. The van der Waals surface area contributed by atoms with Crippen LogP contribution in [0.5, 0.6) is 11.5 Å². The Hall–Kier alpha value is -2.50. The van der Waals surface area contributed by atoms with Gasteiger partial charge >= 0.3 is 0 Å². The Morgan fingerprint density at radius 2 is 1.93 bits per heavy atom. The van der Waals surface area contributed by atoms with Crippen molar-refractivity contribution in [3.63, 3.8) is 0 Å². The number of ether oxygens (including phenoxy) is 2. The quantitative estimate of drug-likeness (QED) is 0.544. The maximum Gasteiger partial charge on any atom is 0.244 e. The Morgan fingerprint density at radius 1 is 1.23 bits per heavy atom. The molecule has 0 spiro atoms. The molecule has 5 nitrogen and oxygen atoms in total. The SMILES string of the molecule is CCOc1c(Cl)cc(C=CC(=O)NCc2ccccc2CN(C)C(C)C)cc1OC. The van der Waals surface area contributed by atoms with Gasteiger partial charge in [-0.3, -0.25) is 9.69 Å². The van der Waals surface area contributed by atoms with E-state index in [2.05, 4.69) is 37.2 Å². The summed E-state index contributed by atoms with van der Waals surface area (Å²) < 4.78 is 10.9. The van der Waals surface area contributed by atoms with Crippen LogP contribution in [0.15, 0.2) is 42.5 Å². The molecule has 0 bridgehead atoms. The van der Waals surface area contributed by atoms with Crippen molar-refractivity contribution in [1.29, 1.82) is 0 Å². The highest BCUT2D eigenvalue weighted by atomic mass is 35.5. The standard InChI is InChI=1S/C24H31ClN2O3/c1-6-30-24-21(25)13-18(14-22(24)29-5)11-12-23(28)26-15-19-9-7-8-10-20(19)16-27(4)17(2)3/h7-14,17H,6,15-16H2,1-5H3,(H,26,28). The minimum atomic E-state index is -0.175. The van der Waals surface area contributed by atoms with E-state index in [0.29, 0.717) is 35.7 Å². The first-order valence-electron chi connectivity index (χ1n) is 10.1. The van der Waals surface area contributed by atoms with Gasteiger partial charge in [0, 0.05) is 25.2 Å². The molecule has 0 unspecified atom stereocenters. The molecule has 0 aromatic heterocycles. The number of hydrogen-bond acceptors (Lipinski definition) is 4. The van der Waals surface area contributed by atoms with Gasteiger partial charge in [-0.15, -0.1) is 0 Å². The molecule has 0 fully saturated rings. The Bertz CT molecular complexity index is 881. The molecule has 2 aromatic rings. The normalized spacial score (nSPS) is 11.3. The molecule has 0 aliphatic carbocycles. The molecule has 30 heavy (non-hydrogen) atoms. The maximum atomic E-state index is 12.3. The number of nitrogens with one attached hydrogen (secondary N) is 1. The lowest BCUT2D eigenvalue weighted by Crippen LogP contribution is -2.27. The second-order valence-corrected chi connectivity index (χ2v) is 7.70. The van der Waals surface area contributed by atoms with E-state index in [1.54, 1.807) is 25.3 Å². The van der Waals surface area contributed by atoms with Crippen LogP contribution in [0.2, 0.25) is 5.02 Å². The second-order valence-electron chi connectivity index (χ2n) is 7.30. The van der Waals surface area contributed by atoms with Crippen LogP contribution in [0, 0.1) is 0 Å². The van der Waals surface area contributed by atoms with E-state index in [1.165, 1.54) is 11.6 Å². The van der Waals surface area contributed by atoms with Gasteiger partial charge in [0.1, 0.15) is 0 Å². The number of benzene rings is 2. The van der Waals surface area contributed by atoms with Gasteiger partial charge in [0.05, 0.1) is 18.7 Å². The molecule has 0 radical (unpaired) electrons. The average molecular weight is 431 g/mol. The minimum Gasteiger partial charge on any atom is -0.493 e. The van der Waals surface area contributed by atoms with E-state index in [4.69, 9.17) is 21.1 Å². The summed E-state index contributed by atoms with van der Waals surface area (Å²) in [6.07, 6.45) is 3.20. The van der Waals surface area contributed by atoms with Crippen molar-refractivity contribution in [1.82, 2.24) is 10.2 Å². The molecule has 0 saturated heterocycles. The van der Waals surface area contributed by atoms with Gasteiger partial charge in [0.2, 0.25) is 5.91 Å². The van der Waals surface area contributed by atoms with Gasteiger partial charge < -0.3 is 14.8 Å². The van der Waals surface area contributed by atoms with E-state index in [0.717, 1.165) is 17.7 Å². The van der Waals surface area contributed by atoms with Crippen LogP contribution in [0.25, 0.3) is 6.08 Å². The molecule has 0 heterocycles. The first-order valence-corrected chi connectivity index (χ1v) is 10.5. The highest BCUT2D eigenvalue weighted by molar-refractivity contribution is 6.32. The zero-order chi connectivity index (χ0) is 22.1. The molecular formula is C24H31ClN2O3. The van der Waals surface area contributed by atoms with E-state index in [9.17, 15) is 4.79 Å². The Balaban J connectivity index is 2.03. The molecular weight excluding hydrogens is 400 g/mol. The summed E-state index contributed by atoms with van der Waals surface area (Å²) in [6.45, 7) is 8.01. The van der Waals surface area contributed by atoms with Gasteiger partial charge in [0.25, 0.3) is 0 Å². The summed E-state index contributed by atoms with van der Waals surface area (Å²) in [5, 5.41) is 3.40. The largest absolute Gasteiger partial charge is 0.493 e. The highest BCUT2D eigenvalue weighted by Crippen LogP contribution is 2.36. The minimum absolute atomic E-state index is 0.175. The van der Waals surface area contributed by atoms with E-state index in [-0.39, 0.29) is 5.91 Å². The lowest BCUT2D eigenvalue weighted by Gasteiger charge is -2.22. The Morgan fingerprint density at radius 3 is 2.57 bits per heavy atom. The lowest BCUT2D eigenvalue weighted by molar-refractivity contribution is -0.116. The average Bonchev–Trinajstić information content (AvgIpc) is 2.73. The van der Waals surface area contributed by atoms with Crippen molar-refractivity contribution in [2.75, 3.05) is 20.8 Å². The van der Waals surface area contributed by atoms with Crippen LogP contribution in [0.3, 0.4) is 0 Å². The van der Waals surface area contributed by atoms with Crippen LogP contribution in [0.4, 0.5) is 0 Å². The van der Waals surface area contributed by atoms with Crippen molar-refractivity contribution < 1.29 is 14.3 Å². The zero-order valence-corrected chi connectivity index (χ0v) is 19.1. The second kappa shape index (κ2) is 11.6. The number of methoxy groups -OCH3 is 1. The number of hydrogen-bond donors (Lipinski definition) is 1. The topological polar surface area (TPSA) is 50.8 Å². The monoisotopic (exact) mass is 430 g/mol. The third kappa shape index (κ3) is 6.78. The van der Waals surface area contributed by atoms with E-state index in [1.807, 2.05) is 25.1 Å². The molecule has 1 N–H and O–H groups in total. The van der Waals surface area contributed by atoms with Crippen LogP contribution >= 0.6 is 11.6 Å². The number of nitrogens with zero attached hydrogens (tertiary/aromatic N) is 1. The van der Waals surface area contributed by atoms with Crippen molar-refractivity contribution in [2.24, 2.45) is 0 Å². The van der Waals surface area contributed by atoms with Crippen molar-refractivity contribution >= 4 is 23.6 Å². The number of carbonyl (C=O) groups excluding carboxylic acids is 1. The first-order chi connectivity index (χ1) is 14.3. The lowest BCUT2D eigenvalue weighted by atomic mass is 10.1. The van der Waals surface area contributed by atoms with Crippen LogP contribution in [0.1, 0.15) is 37.5 Å². The fraction of sp³-hybridized carbons (Fsp3) is 0.375. The summed E-state index contributed by atoms with van der Waals surface area (Å²) in [5.74, 6) is 0.866. The van der Waals surface area contributed by atoms with Crippen molar-refractivity contribution in [3.05, 3.63) is 64.2 Å². The molecule has 0 aliphatic rings. The third-order valence-corrected chi connectivity index (χ3v) is 5.12. The van der Waals surface area contributed by atoms with Gasteiger partial charge in [-0.2, -0.15) is 0 Å². The Labute approximate surface area is 184 Å². The highest BCUT2D eigenvalue weighted by Gasteiger charge is 2.11. The summed E-state index contributed by atoms with van der Waals surface area (Å²) >= 11 is 6.29. The molecule has 2 aromatic carbocycles. The molecule has 0 saturated carbocycles. The predicted octanol–water partition coefficient (Wildman–Crippen LogP) is 4.92. The van der Waals surface area contributed by atoms with Crippen LogP contribution < -0.4 is 14.8 Å². The molecule has 162 valence electrons. The van der Waals surface area contributed by atoms with E-state index >= 15 is 0 Å². The number of amides is 1. The van der Waals surface area contributed by atoms with Gasteiger partial charge in [-0.1, -0.05) is 35.9 Å². The number of halogens is 1. The fourth-order valence-corrected chi connectivity index (χ4v) is 3.14. The van der Waals surface area contributed by atoms with Gasteiger partial charge in [-0.25, -0.2) is 0 Å². The number of rotatable bonds is 10. The molecule has 0 atom stereocenters. The molecule has 2 rings (SSSR count). The van der Waals surface area contributed by atoms with Crippen molar-refractivity contribution in [2.45, 2.75) is 39.9 Å². The van der Waals surface area contributed by atoms with Gasteiger partial charge in [-0.05, 0) is 62.7 Å². The third-order valence-electron chi connectivity index (χ3n) is 4.84. The van der Waals surface area contributed by atoms with Crippen molar-refractivity contribution in [3.8, 4) is 11.5 Å². The molecule has 6 heteroatoms. The molecule has 0 aliphatic heterocycles. The van der Waals surface area contributed by atoms with Crippen LogP contribution in [-0.4, -0.2) is 37.6 Å². The van der Waals surface area contributed by atoms with Crippen LogP contribution in [-0.2, 0) is 17.9 Å². The summed E-state index contributed by atoms with van der Waals surface area (Å²) in [4.78, 5) is 14.6. The Kier molecular flexibility index (Phi) is 9.21. The maximum absolute atomic E-state index is 12.3. The van der Waals surface area contributed by atoms with E-state index < -0.39 is 0 Å². The predicted molar refractivity (Wildman–Crippen MR) is 123 cm³/mol. The summed E-state index contributed by atoms with van der Waals surface area (Å²) in [5.41, 5.74) is 3.08. The van der Waals surface area contributed by atoms with Gasteiger partial charge in [0.15, 0.2) is 11.5 Å². The smallest absolute Gasteiger partial charge is 0.244 e. The summed E-state index contributed by atoms with van der Waals surface area (Å²) in [7, 11) is 3.65. The fourth-order valence-electron chi connectivity index (χ4n) is 2.87. The number of carbonyl (C=O) groups is 1. The first kappa shape index (κ1) is 23.8. The molecule has 1 amide bonds. The zero-order valence-electron chi connectivity index (χ0n) is 18.4.